The molecule has 1 saturated carbocycles. The van der Waals surface area contributed by atoms with E-state index in [4.69, 9.17) is 20.3 Å². The van der Waals surface area contributed by atoms with Crippen molar-refractivity contribution in [3.05, 3.63) is 0 Å². The van der Waals surface area contributed by atoms with Crippen molar-refractivity contribution in [2.75, 3.05) is 13.2 Å². The molecule has 10 nitrogen and oxygen atoms in total. The minimum Gasteiger partial charge on any atom is -0.396 e. The highest BCUT2D eigenvalue weighted by Gasteiger charge is 2.48. The molecule has 1 saturated heterocycles. The van der Waals surface area contributed by atoms with Gasteiger partial charge in [-0.25, -0.2) is 0 Å². The van der Waals surface area contributed by atoms with Gasteiger partial charge in [0.05, 0.1) is 31.0 Å². The van der Waals surface area contributed by atoms with E-state index in [0.29, 0.717) is 0 Å². The quantitative estimate of drug-likeness (QED) is 0.247. The summed E-state index contributed by atoms with van der Waals surface area (Å²) >= 11 is 0. The van der Waals surface area contributed by atoms with E-state index in [-0.39, 0.29) is 13.0 Å². The summed E-state index contributed by atoms with van der Waals surface area (Å²) in [6.07, 6.45) is -10.5. The molecule has 1 aliphatic heterocycles. The van der Waals surface area contributed by atoms with Gasteiger partial charge < -0.3 is 51.0 Å². The second-order valence-corrected chi connectivity index (χ2v) is 6.11. The topological polar surface area (TPSA) is 186 Å². The second kappa shape index (κ2) is 7.66. The molecule has 2 rings (SSSR count). The lowest BCUT2D eigenvalue weighted by atomic mass is 9.80. The molecule has 0 radical (unpaired) electrons. The lowest BCUT2D eigenvalue weighted by Crippen LogP contribution is -2.63. The summed E-state index contributed by atoms with van der Waals surface area (Å²) in [5, 5.41) is 67.5. The van der Waals surface area contributed by atoms with E-state index in [0.717, 1.165) is 0 Å². The zero-order chi connectivity index (χ0) is 17.3. The molecule has 136 valence electrons. The van der Waals surface area contributed by atoms with Gasteiger partial charge in [-0.2, -0.15) is 0 Å². The number of ether oxygens (including phenoxy) is 2. The predicted octanol–water partition coefficient (Wildman–Crippen LogP) is -4.77. The molecule has 0 bridgehead atoms. The molecule has 0 aromatic carbocycles. The summed E-state index contributed by atoms with van der Waals surface area (Å²) in [4.78, 5) is 0. The molecule has 2 aliphatic rings. The summed E-state index contributed by atoms with van der Waals surface area (Å²) in [5.41, 5.74) is 5.81. The van der Waals surface area contributed by atoms with E-state index in [9.17, 15) is 30.6 Å². The first-order chi connectivity index (χ1) is 10.8. The Balaban J connectivity index is 2.07. The van der Waals surface area contributed by atoms with Crippen LogP contribution in [0.5, 0.6) is 0 Å². The minimum atomic E-state index is -1.59. The highest BCUT2D eigenvalue weighted by Crippen LogP contribution is 2.30. The fourth-order valence-corrected chi connectivity index (χ4v) is 3.00. The fourth-order valence-electron chi connectivity index (χ4n) is 3.00. The van der Waals surface area contributed by atoms with E-state index in [2.05, 4.69) is 0 Å². The first kappa shape index (κ1) is 18.9. The maximum absolute atomic E-state index is 9.94. The molecule has 0 amide bonds. The number of hydrogen-bond donors (Lipinski definition) is 8. The molecule has 10 heteroatoms. The molecule has 9 N–H and O–H groups in total. The van der Waals surface area contributed by atoms with Crippen molar-refractivity contribution in [2.24, 2.45) is 11.7 Å². The average Bonchev–Trinajstić information content (AvgIpc) is 2.55. The van der Waals surface area contributed by atoms with Gasteiger partial charge in [0.25, 0.3) is 0 Å². The normalized spacial score (nSPS) is 51.7. The molecule has 0 aromatic rings. The molecule has 0 spiro atoms. The van der Waals surface area contributed by atoms with Crippen LogP contribution >= 0.6 is 0 Å². The third kappa shape index (κ3) is 3.66. The van der Waals surface area contributed by atoms with Crippen LogP contribution in [0.1, 0.15) is 6.42 Å². The Bertz CT molecular complexity index is 348. The monoisotopic (exact) mass is 339 g/mol. The molecule has 2 fully saturated rings. The Hall–Kier alpha value is -0.400. The Morgan fingerprint density at radius 1 is 0.870 bits per heavy atom. The maximum atomic E-state index is 9.94. The molecular weight excluding hydrogens is 314 g/mol. The summed E-state index contributed by atoms with van der Waals surface area (Å²) in [6, 6.07) is -1.000. The number of rotatable bonds is 4. The summed E-state index contributed by atoms with van der Waals surface area (Å²) in [5.74, 6) is -0.667. The SMILES string of the molecule is NC1C(O[C@H]2O[C@H](CO)[C@@H](O)[C@H](O)[C@H]2O)CC(CO)C(O)C1O. The highest BCUT2D eigenvalue weighted by molar-refractivity contribution is 4.97. The Morgan fingerprint density at radius 3 is 2.09 bits per heavy atom. The number of aliphatic hydroxyl groups is 7. The van der Waals surface area contributed by atoms with Gasteiger partial charge in [-0.1, -0.05) is 0 Å². The van der Waals surface area contributed by atoms with Crippen LogP contribution < -0.4 is 5.73 Å². The van der Waals surface area contributed by atoms with Crippen LogP contribution in [0.3, 0.4) is 0 Å². The first-order valence-electron chi connectivity index (χ1n) is 7.50. The smallest absolute Gasteiger partial charge is 0.187 e. The Morgan fingerprint density at radius 2 is 1.52 bits per heavy atom. The van der Waals surface area contributed by atoms with Crippen LogP contribution in [0.4, 0.5) is 0 Å². The zero-order valence-corrected chi connectivity index (χ0v) is 12.4. The van der Waals surface area contributed by atoms with Gasteiger partial charge in [0, 0.05) is 12.5 Å². The van der Waals surface area contributed by atoms with Crippen molar-refractivity contribution in [3.8, 4) is 0 Å². The van der Waals surface area contributed by atoms with Crippen LogP contribution in [-0.4, -0.2) is 104 Å². The molecule has 23 heavy (non-hydrogen) atoms. The van der Waals surface area contributed by atoms with Crippen LogP contribution in [0, 0.1) is 5.92 Å². The molecule has 1 heterocycles. The van der Waals surface area contributed by atoms with Gasteiger partial charge in [0.15, 0.2) is 6.29 Å². The minimum absolute atomic E-state index is 0.102. The molecule has 1 aliphatic carbocycles. The van der Waals surface area contributed by atoms with Crippen LogP contribution in [0.2, 0.25) is 0 Å². The summed E-state index contributed by atoms with van der Waals surface area (Å²) in [7, 11) is 0. The Labute approximate surface area is 132 Å². The second-order valence-electron chi connectivity index (χ2n) is 6.11. The predicted molar refractivity (Wildman–Crippen MR) is 73.8 cm³/mol. The van der Waals surface area contributed by atoms with E-state index >= 15 is 0 Å². The van der Waals surface area contributed by atoms with Crippen LogP contribution in [-0.2, 0) is 9.47 Å². The van der Waals surface area contributed by atoms with Gasteiger partial charge in [-0.05, 0) is 6.42 Å². The molecule has 10 atom stereocenters. The van der Waals surface area contributed by atoms with Gasteiger partial charge >= 0.3 is 0 Å². The average molecular weight is 339 g/mol. The van der Waals surface area contributed by atoms with Crippen molar-refractivity contribution in [1.82, 2.24) is 0 Å². The number of hydrogen-bond acceptors (Lipinski definition) is 10. The lowest BCUT2D eigenvalue weighted by Gasteiger charge is -2.45. The van der Waals surface area contributed by atoms with Gasteiger partial charge in [-0.15, -0.1) is 0 Å². The largest absolute Gasteiger partial charge is 0.396 e. The van der Waals surface area contributed by atoms with Crippen molar-refractivity contribution < 1.29 is 45.2 Å². The molecular formula is C13H25NO9. The van der Waals surface area contributed by atoms with Gasteiger partial charge in [0.2, 0.25) is 0 Å². The highest BCUT2D eigenvalue weighted by atomic mass is 16.7. The van der Waals surface area contributed by atoms with Crippen molar-refractivity contribution in [2.45, 2.75) is 61.5 Å². The van der Waals surface area contributed by atoms with Crippen LogP contribution in [0.25, 0.3) is 0 Å². The lowest BCUT2D eigenvalue weighted by molar-refractivity contribution is -0.318. The van der Waals surface area contributed by atoms with E-state index in [1.807, 2.05) is 0 Å². The third-order valence-corrected chi connectivity index (χ3v) is 4.58. The standard InChI is InChI=1S/C13H25NO9/c14-7-5(1-4(2-15)8(17)10(7)19)22-13-12(21)11(20)9(18)6(3-16)23-13/h4-13,15-21H,1-3,14H2/t4?,5?,6-,7?,8?,9-,10?,11+,12-,13+/m1/s1. The molecule has 0 aromatic heterocycles. The first-order valence-corrected chi connectivity index (χ1v) is 7.50. The number of nitrogens with two attached hydrogens (primary N) is 1. The number of aliphatic hydroxyl groups excluding tert-OH is 7. The van der Waals surface area contributed by atoms with Crippen LogP contribution in [0.15, 0.2) is 0 Å². The zero-order valence-electron chi connectivity index (χ0n) is 12.4. The fraction of sp³-hybridized carbons (Fsp3) is 1.00. The summed E-state index contributed by atoms with van der Waals surface area (Å²) < 4.78 is 10.7. The maximum Gasteiger partial charge on any atom is 0.187 e. The van der Waals surface area contributed by atoms with E-state index in [1.54, 1.807) is 0 Å². The van der Waals surface area contributed by atoms with E-state index < -0.39 is 67.6 Å². The summed E-state index contributed by atoms with van der Waals surface area (Å²) in [6.45, 7) is -0.985. The van der Waals surface area contributed by atoms with Crippen molar-refractivity contribution in [3.63, 3.8) is 0 Å². The van der Waals surface area contributed by atoms with Crippen molar-refractivity contribution >= 4 is 0 Å². The Kier molecular flexibility index (Phi) is 6.30. The van der Waals surface area contributed by atoms with Gasteiger partial charge in [-0.3, -0.25) is 0 Å². The molecule has 5 unspecified atom stereocenters. The van der Waals surface area contributed by atoms with E-state index in [1.165, 1.54) is 0 Å². The third-order valence-electron chi connectivity index (χ3n) is 4.58. The van der Waals surface area contributed by atoms with Crippen molar-refractivity contribution in [1.29, 1.82) is 0 Å². The van der Waals surface area contributed by atoms with Gasteiger partial charge in [0.1, 0.15) is 24.4 Å².